The molecule has 5 N–H and O–H groups in total. The zero-order valence-corrected chi connectivity index (χ0v) is 20.7. The van der Waals surface area contributed by atoms with E-state index in [4.69, 9.17) is 24.7 Å². The summed E-state index contributed by atoms with van der Waals surface area (Å²) in [6.07, 6.45) is 1.02. The molecule has 0 atom stereocenters. The summed E-state index contributed by atoms with van der Waals surface area (Å²) in [6, 6.07) is 5.75. The average Bonchev–Trinajstić information content (AvgIpc) is 2.84. The summed E-state index contributed by atoms with van der Waals surface area (Å²) in [5.41, 5.74) is 6.39. The summed E-state index contributed by atoms with van der Waals surface area (Å²) < 4.78 is 21.5. The second-order valence-electron chi connectivity index (χ2n) is 7.90. The number of hydrogen-bond donors (Lipinski definition) is 4. The van der Waals surface area contributed by atoms with E-state index in [-0.39, 0.29) is 0 Å². The van der Waals surface area contributed by atoms with Crippen LogP contribution in [0.1, 0.15) is 25.8 Å². The third-order valence-electron chi connectivity index (χ3n) is 4.70. The largest absolute Gasteiger partial charge is 0.493 e. The van der Waals surface area contributed by atoms with Crippen molar-refractivity contribution in [3.63, 3.8) is 0 Å². The van der Waals surface area contributed by atoms with Gasteiger partial charge in [-0.1, -0.05) is 19.9 Å². The first-order chi connectivity index (χ1) is 16.5. The van der Waals surface area contributed by atoms with Crippen molar-refractivity contribution in [3.05, 3.63) is 23.8 Å². The molecule has 0 saturated carbocycles. The molecule has 0 aliphatic carbocycles. The van der Waals surface area contributed by atoms with E-state index in [1.165, 1.54) is 0 Å². The highest BCUT2D eigenvalue weighted by Gasteiger charge is 2.09. The van der Waals surface area contributed by atoms with Gasteiger partial charge >= 0.3 is 0 Å². The molecule has 11 nitrogen and oxygen atoms in total. The lowest BCUT2D eigenvalue weighted by atomic mass is 10.1. The van der Waals surface area contributed by atoms with Crippen LogP contribution in [0.3, 0.4) is 0 Å². The number of benzene rings is 1. The molecular formula is C23H39N7O4. The van der Waals surface area contributed by atoms with Gasteiger partial charge in [0.2, 0.25) is 17.8 Å². The van der Waals surface area contributed by atoms with Crippen molar-refractivity contribution >= 4 is 17.8 Å². The van der Waals surface area contributed by atoms with Crippen LogP contribution in [0.25, 0.3) is 0 Å². The first-order valence-electron chi connectivity index (χ1n) is 11.6. The van der Waals surface area contributed by atoms with Gasteiger partial charge in [0.1, 0.15) is 0 Å². The van der Waals surface area contributed by atoms with Gasteiger partial charge in [-0.2, -0.15) is 15.0 Å². The van der Waals surface area contributed by atoms with Crippen LogP contribution >= 0.6 is 0 Å². The fourth-order valence-corrected chi connectivity index (χ4v) is 2.90. The van der Waals surface area contributed by atoms with E-state index in [0.717, 1.165) is 18.5 Å². The number of aromatic nitrogens is 3. The molecule has 0 bridgehead atoms. The van der Waals surface area contributed by atoms with Crippen LogP contribution in [0.4, 0.5) is 17.8 Å². The summed E-state index contributed by atoms with van der Waals surface area (Å²) >= 11 is 0. The van der Waals surface area contributed by atoms with Gasteiger partial charge in [-0.25, -0.2) is 0 Å². The zero-order chi connectivity index (χ0) is 24.6. The Morgan fingerprint density at radius 2 is 1.41 bits per heavy atom. The molecule has 1 aromatic carbocycles. The fourth-order valence-electron chi connectivity index (χ4n) is 2.90. The van der Waals surface area contributed by atoms with Crippen LogP contribution in [-0.2, 0) is 16.0 Å². The molecule has 0 aliphatic heterocycles. The van der Waals surface area contributed by atoms with Gasteiger partial charge in [0.05, 0.1) is 40.6 Å². The van der Waals surface area contributed by atoms with E-state index in [2.05, 4.69) is 44.7 Å². The van der Waals surface area contributed by atoms with Crippen molar-refractivity contribution in [1.82, 2.24) is 15.0 Å². The van der Waals surface area contributed by atoms with Crippen molar-refractivity contribution < 1.29 is 18.9 Å². The number of methoxy groups -OCH3 is 2. The number of anilines is 3. The van der Waals surface area contributed by atoms with Gasteiger partial charge in [0.15, 0.2) is 11.5 Å². The maximum Gasteiger partial charge on any atom is 0.229 e. The SMILES string of the molecule is COc1ccc(CNc2nc(NCCOCCOCCN)nc(NCCC(C)C)n2)cc1OC. The van der Waals surface area contributed by atoms with Gasteiger partial charge in [-0.05, 0) is 30.0 Å². The average molecular weight is 478 g/mol. The monoisotopic (exact) mass is 477 g/mol. The summed E-state index contributed by atoms with van der Waals surface area (Å²) in [5, 5.41) is 9.74. The van der Waals surface area contributed by atoms with Gasteiger partial charge < -0.3 is 40.6 Å². The van der Waals surface area contributed by atoms with E-state index in [1.54, 1.807) is 14.2 Å². The van der Waals surface area contributed by atoms with E-state index in [9.17, 15) is 0 Å². The summed E-state index contributed by atoms with van der Waals surface area (Å²) in [7, 11) is 3.23. The third-order valence-corrected chi connectivity index (χ3v) is 4.70. The highest BCUT2D eigenvalue weighted by molar-refractivity contribution is 5.45. The minimum atomic E-state index is 0.468. The number of nitrogens with zero attached hydrogens (tertiary/aromatic N) is 3. The van der Waals surface area contributed by atoms with Crippen LogP contribution in [0.2, 0.25) is 0 Å². The Bertz CT molecular complexity index is 839. The van der Waals surface area contributed by atoms with E-state index < -0.39 is 0 Å². The van der Waals surface area contributed by atoms with Crippen LogP contribution in [-0.4, -0.2) is 75.2 Å². The predicted molar refractivity (Wildman–Crippen MR) is 134 cm³/mol. The van der Waals surface area contributed by atoms with Crippen molar-refractivity contribution in [2.45, 2.75) is 26.8 Å². The van der Waals surface area contributed by atoms with Gasteiger partial charge in [-0.3, -0.25) is 0 Å². The lowest BCUT2D eigenvalue weighted by Crippen LogP contribution is -2.17. The highest BCUT2D eigenvalue weighted by atomic mass is 16.5. The number of ether oxygens (including phenoxy) is 4. The molecule has 0 spiro atoms. The van der Waals surface area contributed by atoms with Crippen LogP contribution < -0.4 is 31.2 Å². The number of rotatable bonds is 18. The molecule has 0 saturated heterocycles. The van der Waals surface area contributed by atoms with Crippen LogP contribution in [0, 0.1) is 5.92 Å². The van der Waals surface area contributed by atoms with Gasteiger partial charge in [0, 0.05) is 26.2 Å². The summed E-state index contributed by atoms with van der Waals surface area (Å²) in [6.45, 7) is 8.80. The maximum atomic E-state index is 5.55. The van der Waals surface area contributed by atoms with E-state index in [1.807, 2.05) is 18.2 Å². The topological polar surface area (TPSA) is 138 Å². The lowest BCUT2D eigenvalue weighted by Gasteiger charge is -2.13. The molecule has 11 heteroatoms. The molecule has 190 valence electrons. The Morgan fingerprint density at radius 3 is 2.03 bits per heavy atom. The first kappa shape index (κ1) is 27.4. The maximum absolute atomic E-state index is 5.55. The highest BCUT2D eigenvalue weighted by Crippen LogP contribution is 2.27. The first-order valence-corrected chi connectivity index (χ1v) is 11.6. The number of hydrogen-bond acceptors (Lipinski definition) is 11. The normalized spacial score (nSPS) is 10.9. The number of nitrogens with two attached hydrogens (primary N) is 1. The minimum Gasteiger partial charge on any atom is -0.493 e. The smallest absolute Gasteiger partial charge is 0.229 e. The Labute approximate surface area is 202 Å². The summed E-state index contributed by atoms with van der Waals surface area (Å²) in [5.74, 6) is 3.40. The molecule has 0 fully saturated rings. The van der Waals surface area contributed by atoms with Gasteiger partial charge in [-0.15, -0.1) is 0 Å². The van der Waals surface area contributed by atoms with Crippen LogP contribution in [0.5, 0.6) is 11.5 Å². The van der Waals surface area contributed by atoms with Crippen molar-refractivity contribution in [3.8, 4) is 11.5 Å². The molecule has 2 rings (SSSR count). The molecular weight excluding hydrogens is 438 g/mol. The third kappa shape index (κ3) is 10.4. The fraction of sp³-hybridized carbons (Fsp3) is 0.609. The molecule has 0 aliphatic rings. The predicted octanol–water partition coefficient (Wildman–Crippen LogP) is 2.36. The van der Waals surface area contributed by atoms with Gasteiger partial charge in [0.25, 0.3) is 0 Å². The molecule has 0 amide bonds. The van der Waals surface area contributed by atoms with E-state index in [0.29, 0.717) is 81.3 Å². The quantitative estimate of drug-likeness (QED) is 0.235. The second kappa shape index (κ2) is 15.9. The zero-order valence-electron chi connectivity index (χ0n) is 20.7. The Balaban J connectivity index is 1.96. The molecule has 1 heterocycles. The molecule has 0 radical (unpaired) electrons. The molecule has 2 aromatic rings. The molecule has 1 aromatic heterocycles. The molecule has 34 heavy (non-hydrogen) atoms. The Hall–Kier alpha value is -2.89. The second-order valence-corrected chi connectivity index (χ2v) is 7.90. The van der Waals surface area contributed by atoms with Crippen molar-refractivity contribution in [1.29, 1.82) is 0 Å². The molecule has 0 unspecified atom stereocenters. The van der Waals surface area contributed by atoms with Crippen molar-refractivity contribution in [2.24, 2.45) is 11.7 Å². The van der Waals surface area contributed by atoms with E-state index >= 15 is 0 Å². The Kier molecular flexibility index (Phi) is 12.8. The van der Waals surface area contributed by atoms with Crippen LogP contribution in [0.15, 0.2) is 18.2 Å². The van der Waals surface area contributed by atoms with Crippen molar-refractivity contribution in [2.75, 3.05) is 76.2 Å². The summed E-state index contributed by atoms with van der Waals surface area (Å²) in [4.78, 5) is 13.5. The minimum absolute atomic E-state index is 0.468. The number of nitrogens with one attached hydrogen (secondary N) is 3. The lowest BCUT2D eigenvalue weighted by molar-refractivity contribution is 0.0547. The Morgan fingerprint density at radius 1 is 0.794 bits per heavy atom. The standard InChI is InChI=1S/C23H39N7O4/c1-17(2)7-9-25-21-28-22(26-10-12-34-14-13-33-11-8-24)30-23(29-21)27-16-18-5-6-19(31-3)20(15-18)32-4/h5-6,15,17H,7-14,16,24H2,1-4H3,(H3,25,26,27,28,29,30).